The molecule has 19 heavy (non-hydrogen) atoms. The van der Waals surface area contributed by atoms with Gasteiger partial charge in [-0.2, -0.15) is 0 Å². The number of rotatable bonds is 3. The molecule has 0 bridgehead atoms. The number of hydrogen-bond donors (Lipinski definition) is 2. The molecule has 0 aliphatic heterocycles. The van der Waals surface area contributed by atoms with Crippen LogP contribution in [-0.4, -0.2) is 17.0 Å². The summed E-state index contributed by atoms with van der Waals surface area (Å²) in [6.07, 6.45) is 0. The molecule has 2 aromatic rings. The molecule has 100 valence electrons. The van der Waals surface area contributed by atoms with Crippen LogP contribution in [0.1, 0.15) is 5.82 Å². The third-order valence-corrected chi connectivity index (χ3v) is 2.35. The van der Waals surface area contributed by atoms with Crippen LogP contribution in [0.2, 0.25) is 0 Å². The molecule has 0 aliphatic rings. The van der Waals surface area contributed by atoms with Crippen LogP contribution in [0.25, 0.3) is 0 Å². The van der Waals surface area contributed by atoms with E-state index in [9.17, 15) is 13.2 Å². The maximum absolute atomic E-state index is 13.1. The molecule has 2 rings (SSSR count). The maximum Gasteiger partial charge on any atom is 0.194 e. The third-order valence-electron chi connectivity index (χ3n) is 2.35. The van der Waals surface area contributed by atoms with Gasteiger partial charge in [-0.1, -0.05) is 0 Å². The van der Waals surface area contributed by atoms with E-state index in [4.69, 9.17) is 0 Å². The van der Waals surface area contributed by atoms with Gasteiger partial charge < -0.3 is 10.6 Å². The van der Waals surface area contributed by atoms with E-state index in [1.807, 2.05) is 0 Å². The van der Waals surface area contributed by atoms with Crippen LogP contribution in [0.4, 0.5) is 30.5 Å². The Balaban J connectivity index is 2.33. The molecule has 0 saturated carbocycles. The van der Waals surface area contributed by atoms with Gasteiger partial charge in [0.05, 0.1) is 0 Å². The van der Waals surface area contributed by atoms with Gasteiger partial charge in [0.2, 0.25) is 0 Å². The minimum Gasteiger partial charge on any atom is -0.373 e. The van der Waals surface area contributed by atoms with E-state index in [1.54, 1.807) is 20.0 Å². The van der Waals surface area contributed by atoms with Gasteiger partial charge in [-0.25, -0.2) is 23.1 Å². The molecule has 1 aromatic heterocycles. The van der Waals surface area contributed by atoms with Crippen molar-refractivity contribution in [1.29, 1.82) is 0 Å². The molecule has 0 saturated heterocycles. The van der Waals surface area contributed by atoms with Crippen molar-refractivity contribution in [3.8, 4) is 0 Å². The molecule has 2 N–H and O–H groups in total. The van der Waals surface area contributed by atoms with Gasteiger partial charge in [0.25, 0.3) is 0 Å². The standard InChI is InChI=1S/C12H11F3N4/c1-6-17-10(16-2)5-11(18-6)19-7-3-8(13)12(15)9(14)4-7/h3-5H,1-2H3,(H2,16,17,18,19). The SMILES string of the molecule is CNc1cc(Nc2cc(F)c(F)c(F)c2)nc(C)n1. The zero-order valence-electron chi connectivity index (χ0n) is 10.3. The number of aromatic nitrogens is 2. The first kappa shape index (κ1) is 13.1. The minimum absolute atomic E-state index is 0.0663. The fraction of sp³-hybridized carbons (Fsp3) is 0.167. The summed E-state index contributed by atoms with van der Waals surface area (Å²) in [5.74, 6) is -2.64. The predicted molar refractivity (Wildman–Crippen MR) is 65.9 cm³/mol. The summed E-state index contributed by atoms with van der Waals surface area (Å²) in [7, 11) is 1.68. The van der Waals surface area contributed by atoms with Crippen LogP contribution < -0.4 is 10.6 Å². The normalized spacial score (nSPS) is 10.4. The molecule has 4 nitrogen and oxygen atoms in total. The van der Waals surface area contributed by atoms with Crippen LogP contribution in [-0.2, 0) is 0 Å². The van der Waals surface area contributed by atoms with E-state index in [2.05, 4.69) is 20.6 Å². The summed E-state index contributed by atoms with van der Waals surface area (Å²) in [5, 5.41) is 5.52. The first-order valence-corrected chi connectivity index (χ1v) is 5.44. The fourth-order valence-corrected chi connectivity index (χ4v) is 1.54. The van der Waals surface area contributed by atoms with Crippen LogP contribution in [0.15, 0.2) is 18.2 Å². The lowest BCUT2D eigenvalue weighted by Gasteiger charge is -2.09. The van der Waals surface area contributed by atoms with Crippen LogP contribution in [0.5, 0.6) is 0 Å². The highest BCUT2D eigenvalue weighted by molar-refractivity contribution is 5.59. The van der Waals surface area contributed by atoms with Crippen molar-refractivity contribution in [1.82, 2.24) is 9.97 Å². The molecular formula is C12H11F3N4. The van der Waals surface area contributed by atoms with Gasteiger partial charge >= 0.3 is 0 Å². The number of anilines is 3. The summed E-state index contributed by atoms with van der Waals surface area (Å²) in [6.45, 7) is 1.68. The monoisotopic (exact) mass is 268 g/mol. The molecule has 0 spiro atoms. The van der Waals surface area contributed by atoms with E-state index < -0.39 is 17.5 Å². The zero-order valence-corrected chi connectivity index (χ0v) is 10.3. The first-order valence-electron chi connectivity index (χ1n) is 5.44. The second kappa shape index (κ2) is 5.13. The molecule has 0 amide bonds. The molecular weight excluding hydrogens is 257 g/mol. The first-order chi connectivity index (χ1) is 8.99. The largest absolute Gasteiger partial charge is 0.373 e. The quantitative estimate of drug-likeness (QED) is 0.840. The van der Waals surface area contributed by atoms with Crippen molar-refractivity contribution in [3.05, 3.63) is 41.5 Å². The van der Waals surface area contributed by atoms with E-state index in [0.29, 0.717) is 17.5 Å². The fourth-order valence-electron chi connectivity index (χ4n) is 1.54. The number of nitrogens with one attached hydrogen (secondary N) is 2. The number of halogens is 3. The van der Waals surface area contributed by atoms with Gasteiger partial charge in [0, 0.05) is 30.9 Å². The topological polar surface area (TPSA) is 49.8 Å². The molecule has 0 fully saturated rings. The lowest BCUT2D eigenvalue weighted by molar-refractivity contribution is 0.448. The molecule has 0 atom stereocenters. The molecule has 0 radical (unpaired) electrons. The Morgan fingerprint density at radius 3 is 2.11 bits per heavy atom. The highest BCUT2D eigenvalue weighted by Gasteiger charge is 2.11. The van der Waals surface area contributed by atoms with Gasteiger partial charge in [-0.3, -0.25) is 0 Å². The van der Waals surface area contributed by atoms with Crippen molar-refractivity contribution in [3.63, 3.8) is 0 Å². The van der Waals surface area contributed by atoms with Gasteiger partial charge in [0.15, 0.2) is 17.5 Å². The lowest BCUT2D eigenvalue weighted by Crippen LogP contribution is -2.02. The second-order valence-corrected chi connectivity index (χ2v) is 3.81. The Hall–Kier alpha value is -2.31. The Morgan fingerprint density at radius 2 is 1.53 bits per heavy atom. The van der Waals surface area contributed by atoms with Crippen molar-refractivity contribution < 1.29 is 13.2 Å². The van der Waals surface area contributed by atoms with Crippen LogP contribution >= 0.6 is 0 Å². The van der Waals surface area contributed by atoms with E-state index in [-0.39, 0.29) is 5.69 Å². The third kappa shape index (κ3) is 2.93. The minimum atomic E-state index is -1.50. The van der Waals surface area contributed by atoms with Gasteiger partial charge in [0.1, 0.15) is 17.5 Å². The van der Waals surface area contributed by atoms with Crippen molar-refractivity contribution in [2.45, 2.75) is 6.92 Å². The highest BCUT2D eigenvalue weighted by Crippen LogP contribution is 2.21. The van der Waals surface area contributed by atoms with Crippen molar-refractivity contribution >= 4 is 17.3 Å². The molecule has 7 heteroatoms. The van der Waals surface area contributed by atoms with E-state index in [1.165, 1.54) is 0 Å². The summed E-state index contributed by atoms with van der Waals surface area (Å²) in [5.41, 5.74) is 0.0663. The molecule has 0 unspecified atom stereocenters. The maximum atomic E-state index is 13.1. The van der Waals surface area contributed by atoms with Crippen LogP contribution in [0.3, 0.4) is 0 Å². The Kier molecular flexibility index (Phi) is 3.55. The second-order valence-electron chi connectivity index (χ2n) is 3.81. The van der Waals surface area contributed by atoms with E-state index in [0.717, 1.165) is 12.1 Å². The summed E-state index contributed by atoms with van der Waals surface area (Å²) in [6, 6.07) is 3.27. The van der Waals surface area contributed by atoms with Crippen molar-refractivity contribution in [2.75, 3.05) is 17.7 Å². The van der Waals surface area contributed by atoms with Crippen LogP contribution in [0, 0.1) is 24.4 Å². The van der Waals surface area contributed by atoms with E-state index >= 15 is 0 Å². The Labute approximate surface area is 107 Å². The molecule has 1 aromatic carbocycles. The Morgan fingerprint density at radius 1 is 0.947 bits per heavy atom. The summed E-state index contributed by atoms with van der Waals surface area (Å²) in [4.78, 5) is 8.13. The number of benzene rings is 1. The highest BCUT2D eigenvalue weighted by atomic mass is 19.2. The summed E-state index contributed by atoms with van der Waals surface area (Å²) < 4.78 is 39.0. The predicted octanol–water partition coefficient (Wildman–Crippen LogP) is 2.99. The zero-order chi connectivity index (χ0) is 14.0. The average Bonchev–Trinajstić information content (AvgIpc) is 2.35. The Bertz CT molecular complexity index is 593. The van der Waals surface area contributed by atoms with Gasteiger partial charge in [-0.05, 0) is 6.92 Å². The molecule has 0 aliphatic carbocycles. The number of aryl methyl sites for hydroxylation is 1. The summed E-state index contributed by atoms with van der Waals surface area (Å²) >= 11 is 0. The van der Waals surface area contributed by atoms with Crippen molar-refractivity contribution in [2.24, 2.45) is 0 Å². The lowest BCUT2D eigenvalue weighted by atomic mass is 10.3. The number of nitrogens with zero attached hydrogens (tertiary/aromatic N) is 2. The molecule has 1 heterocycles. The average molecular weight is 268 g/mol. The smallest absolute Gasteiger partial charge is 0.194 e. The van der Waals surface area contributed by atoms with Gasteiger partial charge in [-0.15, -0.1) is 0 Å². The number of hydrogen-bond acceptors (Lipinski definition) is 4.